The van der Waals surface area contributed by atoms with Crippen LogP contribution in [0, 0.1) is 0 Å². The first-order valence-electron chi connectivity index (χ1n) is 10.8. The highest BCUT2D eigenvalue weighted by Gasteiger charge is 2.24. The van der Waals surface area contributed by atoms with Crippen molar-refractivity contribution in [2.24, 2.45) is 0 Å². The van der Waals surface area contributed by atoms with Gasteiger partial charge >= 0.3 is 5.97 Å². The second kappa shape index (κ2) is 11.7. The molecule has 2 aromatic rings. The fourth-order valence-electron chi connectivity index (χ4n) is 3.92. The van der Waals surface area contributed by atoms with Crippen LogP contribution < -0.4 is 5.32 Å². The number of carbonyl (C=O) groups excluding carboxylic acids is 1. The van der Waals surface area contributed by atoms with Crippen LogP contribution in [0.25, 0.3) is 0 Å². The van der Waals surface area contributed by atoms with E-state index in [4.69, 9.17) is 4.74 Å². The number of ether oxygens (including phenoxy) is 1. The predicted molar refractivity (Wildman–Crippen MR) is 114 cm³/mol. The lowest BCUT2D eigenvalue weighted by Crippen LogP contribution is -2.42. The molecule has 3 rings (SSSR count). The summed E-state index contributed by atoms with van der Waals surface area (Å²) in [5, 5.41) is 3.31. The van der Waals surface area contributed by atoms with E-state index in [-0.39, 0.29) is 18.1 Å². The fraction of sp³-hybridized carbons (Fsp3) is 0.480. The quantitative estimate of drug-likeness (QED) is 0.585. The highest BCUT2D eigenvalue weighted by atomic mass is 16.5. The largest absolute Gasteiger partial charge is 0.461 e. The average molecular weight is 380 g/mol. The van der Waals surface area contributed by atoms with Gasteiger partial charge in [0.05, 0.1) is 0 Å². The maximum Gasteiger partial charge on any atom is 0.323 e. The van der Waals surface area contributed by atoms with Crippen LogP contribution in [0.2, 0.25) is 0 Å². The van der Waals surface area contributed by atoms with Gasteiger partial charge in [0.2, 0.25) is 0 Å². The number of nitrogens with one attached hydrogen (secondary N) is 1. The Kier molecular flexibility index (Phi) is 8.57. The van der Waals surface area contributed by atoms with Gasteiger partial charge in [-0.25, -0.2) is 0 Å². The van der Waals surface area contributed by atoms with E-state index in [0.29, 0.717) is 0 Å². The molecular formula is C25H33NO2. The van der Waals surface area contributed by atoms with Gasteiger partial charge in [-0.1, -0.05) is 67.1 Å². The number of piperidine rings is 1. The lowest BCUT2D eigenvalue weighted by molar-refractivity contribution is -0.153. The standard InChI is InChI=1S/C25H33NO2/c27-25(24-19-7-8-20-26-24)28-23(17-9-15-21-11-3-1-4-12-21)18-10-16-22-13-5-2-6-14-22/h1-6,11-14,23-24,26H,7-10,15-20H2/t24-/m0/s1. The van der Waals surface area contributed by atoms with Crippen molar-refractivity contribution in [3.63, 3.8) is 0 Å². The number of benzene rings is 2. The molecule has 0 aliphatic carbocycles. The van der Waals surface area contributed by atoms with Gasteiger partial charge in [0, 0.05) is 0 Å². The Labute approximate surface area is 169 Å². The number of carbonyl (C=O) groups is 1. The summed E-state index contributed by atoms with van der Waals surface area (Å²) in [5.74, 6) is -0.0517. The van der Waals surface area contributed by atoms with Crippen molar-refractivity contribution in [1.82, 2.24) is 5.32 Å². The van der Waals surface area contributed by atoms with E-state index in [2.05, 4.69) is 66.0 Å². The predicted octanol–water partition coefficient (Wildman–Crippen LogP) is 5.09. The molecule has 1 N–H and O–H groups in total. The van der Waals surface area contributed by atoms with Crippen LogP contribution in [0.1, 0.15) is 56.1 Å². The van der Waals surface area contributed by atoms with Crippen LogP contribution in [0.15, 0.2) is 60.7 Å². The monoisotopic (exact) mass is 379 g/mol. The molecule has 28 heavy (non-hydrogen) atoms. The van der Waals surface area contributed by atoms with Crippen LogP contribution in [0.5, 0.6) is 0 Å². The van der Waals surface area contributed by atoms with Gasteiger partial charge in [0.1, 0.15) is 12.1 Å². The molecule has 0 radical (unpaired) electrons. The van der Waals surface area contributed by atoms with Crippen molar-refractivity contribution < 1.29 is 9.53 Å². The van der Waals surface area contributed by atoms with E-state index in [9.17, 15) is 4.79 Å². The topological polar surface area (TPSA) is 38.3 Å². The third-order valence-corrected chi connectivity index (χ3v) is 5.55. The van der Waals surface area contributed by atoms with Gasteiger partial charge in [-0.15, -0.1) is 0 Å². The summed E-state index contributed by atoms with van der Waals surface area (Å²) in [7, 11) is 0. The first-order valence-corrected chi connectivity index (χ1v) is 10.8. The molecule has 0 spiro atoms. The molecule has 0 bridgehead atoms. The minimum atomic E-state index is -0.112. The lowest BCUT2D eigenvalue weighted by Gasteiger charge is -2.25. The SMILES string of the molecule is O=C(OC(CCCc1ccccc1)CCCc1ccccc1)[C@@H]1CCCCN1. The van der Waals surface area contributed by atoms with Gasteiger partial charge in [-0.05, 0) is 69.0 Å². The van der Waals surface area contributed by atoms with Gasteiger partial charge in [-0.3, -0.25) is 4.79 Å². The Morgan fingerprint density at radius 1 is 0.893 bits per heavy atom. The Morgan fingerprint density at radius 2 is 1.46 bits per heavy atom. The van der Waals surface area contributed by atoms with E-state index in [1.165, 1.54) is 11.1 Å². The molecule has 1 fully saturated rings. The van der Waals surface area contributed by atoms with Crippen molar-refractivity contribution in [2.75, 3.05) is 6.54 Å². The van der Waals surface area contributed by atoms with Crippen molar-refractivity contribution in [3.05, 3.63) is 71.8 Å². The van der Waals surface area contributed by atoms with Crippen molar-refractivity contribution in [2.45, 2.75) is 69.9 Å². The molecule has 1 aliphatic rings. The zero-order valence-electron chi connectivity index (χ0n) is 16.8. The van der Waals surface area contributed by atoms with Gasteiger partial charge in [-0.2, -0.15) is 0 Å². The Bertz CT molecular complexity index is 635. The van der Waals surface area contributed by atoms with Gasteiger partial charge < -0.3 is 10.1 Å². The number of hydrogen-bond donors (Lipinski definition) is 1. The van der Waals surface area contributed by atoms with E-state index in [1.807, 2.05) is 0 Å². The van der Waals surface area contributed by atoms with Crippen molar-refractivity contribution in [1.29, 1.82) is 0 Å². The molecule has 3 nitrogen and oxygen atoms in total. The summed E-state index contributed by atoms with van der Waals surface area (Å²) in [5.41, 5.74) is 2.71. The van der Waals surface area contributed by atoms with Crippen molar-refractivity contribution >= 4 is 5.97 Å². The minimum Gasteiger partial charge on any atom is -0.461 e. The number of hydrogen-bond acceptors (Lipinski definition) is 3. The Balaban J connectivity index is 1.49. The maximum atomic E-state index is 12.6. The van der Waals surface area contributed by atoms with E-state index >= 15 is 0 Å². The minimum absolute atomic E-state index is 0.0173. The number of esters is 1. The molecule has 1 aliphatic heterocycles. The summed E-state index contributed by atoms with van der Waals surface area (Å²) in [4.78, 5) is 12.6. The summed E-state index contributed by atoms with van der Waals surface area (Å²) in [6, 6.07) is 21.0. The van der Waals surface area contributed by atoms with E-state index in [1.54, 1.807) is 0 Å². The highest BCUT2D eigenvalue weighted by molar-refractivity contribution is 5.76. The fourth-order valence-corrected chi connectivity index (χ4v) is 3.92. The molecule has 1 saturated heterocycles. The van der Waals surface area contributed by atoms with E-state index in [0.717, 1.165) is 64.3 Å². The van der Waals surface area contributed by atoms with Gasteiger partial charge in [0.15, 0.2) is 0 Å². The third-order valence-electron chi connectivity index (χ3n) is 5.55. The van der Waals surface area contributed by atoms with Crippen LogP contribution in [0.3, 0.4) is 0 Å². The molecule has 0 amide bonds. The summed E-state index contributed by atoms with van der Waals surface area (Å²) >= 11 is 0. The molecule has 1 heterocycles. The number of aryl methyl sites for hydroxylation is 2. The van der Waals surface area contributed by atoms with Crippen LogP contribution in [-0.4, -0.2) is 24.7 Å². The van der Waals surface area contributed by atoms with Crippen LogP contribution in [-0.2, 0) is 22.4 Å². The molecule has 1 atom stereocenters. The molecule has 2 aromatic carbocycles. The summed E-state index contributed by atoms with van der Waals surface area (Å²) in [6.45, 7) is 0.923. The summed E-state index contributed by atoms with van der Waals surface area (Å²) < 4.78 is 5.96. The molecule has 3 heteroatoms. The zero-order valence-corrected chi connectivity index (χ0v) is 16.8. The normalized spacial score (nSPS) is 16.8. The van der Waals surface area contributed by atoms with Crippen LogP contribution >= 0.6 is 0 Å². The van der Waals surface area contributed by atoms with Crippen molar-refractivity contribution in [3.8, 4) is 0 Å². The Morgan fingerprint density at radius 3 is 1.96 bits per heavy atom. The average Bonchev–Trinajstić information content (AvgIpc) is 2.75. The smallest absolute Gasteiger partial charge is 0.323 e. The second-order valence-electron chi connectivity index (χ2n) is 7.82. The first-order chi connectivity index (χ1) is 13.8. The molecule has 0 unspecified atom stereocenters. The third kappa shape index (κ3) is 7.12. The number of rotatable bonds is 10. The molecule has 0 aromatic heterocycles. The second-order valence-corrected chi connectivity index (χ2v) is 7.82. The van der Waals surface area contributed by atoms with Gasteiger partial charge in [0.25, 0.3) is 0 Å². The highest BCUT2D eigenvalue weighted by Crippen LogP contribution is 2.17. The van der Waals surface area contributed by atoms with E-state index < -0.39 is 0 Å². The summed E-state index contributed by atoms with van der Waals surface area (Å²) in [6.07, 6.45) is 9.22. The molecule has 0 saturated carbocycles. The first kappa shape index (κ1) is 20.6. The maximum absolute atomic E-state index is 12.6. The Hall–Kier alpha value is -2.13. The zero-order chi connectivity index (χ0) is 19.4. The molecule has 150 valence electrons. The molecular weight excluding hydrogens is 346 g/mol. The lowest BCUT2D eigenvalue weighted by atomic mass is 10.0. The van der Waals surface area contributed by atoms with Crippen LogP contribution in [0.4, 0.5) is 0 Å².